The number of aliphatic carboxylic acids is 1. The Morgan fingerprint density at radius 1 is 1.24 bits per heavy atom. The number of quaternary nitrogens is 1. The van der Waals surface area contributed by atoms with Crippen LogP contribution in [0.3, 0.4) is 0 Å². The molecule has 0 aliphatic carbocycles. The molecule has 0 aromatic heterocycles. The van der Waals surface area contributed by atoms with Gasteiger partial charge in [0, 0.05) is 0 Å². The molecule has 4 atom stereocenters. The predicted octanol–water partition coefficient (Wildman–Crippen LogP) is -1.40. The fraction of sp³-hybridized carbons (Fsp3) is 0.769. The lowest BCUT2D eigenvalue weighted by atomic mass is 9.97. The number of Topliss-reactive ketones (excluding diaryl/α,β-unsaturated/α-hetero) is 1. The van der Waals surface area contributed by atoms with E-state index >= 15 is 0 Å². The van der Waals surface area contributed by atoms with Gasteiger partial charge in [-0.1, -0.05) is 0 Å². The number of aliphatic hydroxyl groups is 1. The first-order chi connectivity index (χ1) is 9.36. The molecule has 0 aromatic rings. The van der Waals surface area contributed by atoms with E-state index < -0.39 is 41.9 Å². The Kier molecular flexibility index (Phi) is 6.95. The van der Waals surface area contributed by atoms with Crippen molar-refractivity contribution < 1.29 is 33.8 Å². The maximum absolute atomic E-state index is 11.8. The van der Waals surface area contributed by atoms with Crippen LogP contribution in [-0.2, 0) is 19.1 Å². The van der Waals surface area contributed by atoms with Crippen molar-refractivity contribution in [2.24, 2.45) is 11.7 Å². The Hall–Kier alpha value is -1.51. The number of nitrogens with zero attached hydrogens (tertiary/aromatic N) is 1. The van der Waals surface area contributed by atoms with E-state index in [9.17, 15) is 24.6 Å². The minimum Gasteiger partial charge on any atom is -0.481 e. The minimum atomic E-state index is -1.47. The van der Waals surface area contributed by atoms with Gasteiger partial charge in [-0.15, -0.1) is 0 Å². The number of hydrogen-bond donors (Lipinski definition) is 3. The van der Waals surface area contributed by atoms with Crippen molar-refractivity contribution >= 4 is 17.7 Å². The standard InChI is InChI=1S/C13H24N2O6/c1-7(16)10(12(18)19)9(6-15(3,4)5)21-13(20)11(14)8(2)17/h8-11,17H,6,14H2,1-5H3/p+1/t8-,9?,10?,11+/m1/s1. The first-order valence-electron chi connectivity index (χ1n) is 6.54. The summed E-state index contributed by atoms with van der Waals surface area (Å²) in [5, 5.41) is 18.5. The third-order valence-corrected chi connectivity index (χ3v) is 2.86. The molecule has 0 spiro atoms. The normalized spacial score (nSPS) is 17.5. The molecule has 2 unspecified atom stereocenters. The van der Waals surface area contributed by atoms with Crippen molar-refractivity contribution in [1.82, 2.24) is 0 Å². The zero-order chi connectivity index (χ0) is 17.0. The third kappa shape index (κ3) is 6.65. The fourth-order valence-corrected chi connectivity index (χ4v) is 1.77. The number of ketones is 1. The van der Waals surface area contributed by atoms with Crippen LogP contribution in [0.4, 0.5) is 0 Å². The van der Waals surface area contributed by atoms with Gasteiger partial charge in [0.25, 0.3) is 0 Å². The summed E-state index contributed by atoms with van der Waals surface area (Å²) in [7, 11) is 5.32. The molecule has 0 heterocycles. The van der Waals surface area contributed by atoms with E-state index in [-0.39, 0.29) is 6.54 Å². The first kappa shape index (κ1) is 19.5. The van der Waals surface area contributed by atoms with Crippen LogP contribution in [-0.4, -0.2) is 78.4 Å². The topological polar surface area (TPSA) is 127 Å². The Bertz CT molecular complexity index is 388. The Labute approximate surface area is 124 Å². The summed E-state index contributed by atoms with van der Waals surface area (Å²) in [4.78, 5) is 34.6. The molecule has 0 saturated heterocycles. The molecular formula is C13H25N2O6+. The second-order valence-electron chi connectivity index (χ2n) is 6.14. The summed E-state index contributed by atoms with van der Waals surface area (Å²) < 4.78 is 5.38. The molecule has 21 heavy (non-hydrogen) atoms. The van der Waals surface area contributed by atoms with Crippen LogP contribution < -0.4 is 5.73 Å². The Morgan fingerprint density at radius 3 is 2.00 bits per heavy atom. The van der Waals surface area contributed by atoms with E-state index in [4.69, 9.17) is 10.5 Å². The maximum atomic E-state index is 11.8. The molecule has 8 heteroatoms. The smallest absolute Gasteiger partial charge is 0.326 e. The Balaban J connectivity index is 5.28. The maximum Gasteiger partial charge on any atom is 0.326 e. The zero-order valence-electron chi connectivity index (χ0n) is 13.1. The van der Waals surface area contributed by atoms with Crippen LogP contribution in [0, 0.1) is 5.92 Å². The molecule has 0 bridgehead atoms. The van der Waals surface area contributed by atoms with Gasteiger partial charge < -0.3 is 25.2 Å². The van der Waals surface area contributed by atoms with Gasteiger partial charge in [0.1, 0.15) is 18.4 Å². The predicted molar refractivity (Wildman–Crippen MR) is 74.2 cm³/mol. The van der Waals surface area contributed by atoms with Crippen LogP contribution in [0.5, 0.6) is 0 Å². The van der Waals surface area contributed by atoms with Crippen LogP contribution in [0.1, 0.15) is 13.8 Å². The average molecular weight is 305 g/mol. The van der Waals surface area contributed by atoms with Gasteiger partial charge >= 0.3 is 11.9 Å². The Morgan fingerprint density at radius 2 is 1.71 bits per heavy atom. The van der Waals surface area contributed by atoms with E-state index in [1.165, 1.54) is 6.92 Å². The van der Waals surface area contributed by atoms with E-state index in [2.05, 4.69) is 0 Å². The molecule has 0 fully saturated rings. The minimum absolute atomic E-state index is 0.120. The first-order valence-corrected chi connectivity index (χ1v) is 6.54. The van der Waals surface area contributed by atoms with Gasteiger partial charge in [-0.3, -0.25) is 14.4 Å². The number of hydrogen-bond acceptors (Lipinski definition) is 6. The number of likely N-dealkylation sites (N-methyl/N-ethyl adjacent to an activating group) is 1. The number of nitrogens with two attached hydrogens (primary N) is 1. The fourth-order valence-electron chi connectivity index (χ4n) is 1.77. The highest BCUT2D eigenvalue weighted by molar-refractivity contribution is 5.97. The van der Waals surface area contributed by atoms with Crippen molar-refractivity contribution in [3.63, 3.8) is 0 Å². The second-order valence-corrected chi connectivity index (χ2v) is 6.14. The molecule has 0 amide bonds. The lowest BCUT2D eigenvalue weighted by Gasteiger charge is -2.31. The van der Waals surface area contributed by atoms with Crippen LogP contribution >= 0.6 is 0 Å². The van der Waals surface area contributed by atoms with Crippen molar-refractivity contribution in [2.75, 3.05) is 27.7 Å². The number of carbonyl (C=O) groups is 3. The van der Waals surface area contributed by atoms with Gasteiger partial charge in [0.15, 0.2) is 12.0 Å². The molecule has 0 aliphatic heterocycles. The van der Waals surface area contributed by atoms with Crippen molar-refractivity contribution in [3.05, 3.63) is 0 Å². The molecule has 122 valence electrons. The van der Waals surface area contributed by atoms with E-state index in [1.807, 2.05) is 0 Å². The lowest BCUT2D eigenvalue weighted by Crippen LogP contribution is -2.52. The molecule has 8 nitrogen and oxygen atoms in total. The SMILES string of the molecule is CC(=O)C(C(=O)O)C(C[N+](C)(C)C)OC(=O)[C@@H](N)[C@@H](C)O. The summed E-state index contributed by atoms with van der Waals surface area (Å²) in [6.07, 6.45) is -2.29. The summed E-state index contributed by atoms with van der Waals surface area (Å²) in [6.45, 7) is 2.57. The van der Waals surface area contributed by atoms with Crippen LogP contribution in [0.2, 0.25) is 0 Å². The van der Waals surface area contributed by atoms with Gasteiger partial charge in [-0.25, -0.2) is 0 Å². The number of aliphatic hydroxyl groups excluding tert-OH is 1. The molecule has 4 N–H and O–H groups in total. The van der Waals surface area contributed by atoms with Crippen molar-refractivity contribution in [3.8, 4) is 0 Å². The number of carboxylic acid groups (broad SMARTS) is 1. The zero-order valence-corrected chi connectivity index (χ0v) is 13.1. The molecule has 0 rings (SSSR count). The number of ether oxygens (including phenoxy) is 1. The number of rotatable bonds is 8. The molecular weight excluding hydrogens is 280 g/mol. The number of esters is 1. The number of carbonyl (C=O) groups excluding carboxylic acids is 2. The molecule has 0 aliphatic rings. The van der Waals surface area contributed by atoms with Crippen molar-refractivity contribution in [2.45, 2.75) is 32.1 Å². The second kappa shape index (κ2) is 7.48. The molecule has 0 radical (unpaired) electrons. The largest absolute Gasteiger partial charge is 0.481 e. The molecule has 0 saturated carbocycles. The summed E-state index contributed by atoms with van der Waals surface area (Å²) in [5.41, 5.74) is 5.46. The molecule has 0 aromatic carbocycles. The monoisotopic (exact) mass is 305 g/mol. The highest BCUT2D eigenvalue weighted by atomic mass is 16.5. The summed E-state index contributed by atoms with van der Waals surface area (Å²) in [5.74, 6) is -4.37. The summed E-state index contributed by atoms with van der Waals surface area (Å²) in [6, 6.07) is -1.29. The quantitative estimate of drug-likeness (QED) is 0.286. The van der Waals surface area contributed by atoms with E-state index in [0.29, 0.717) is 4.48 Å². The highest BCUT2D eigenvalue weighted by Gasteiger charge is 2.39. The van der Waals surface area contributed by atoms with Crippen molar-refractivity contribution in [1.29, 1.82) is 0 Å². The van der Waals surface area contributed by atoms with Gasteiger partial charge in [0.05, 0.1) is 27.2 Å². The lowest BCUT2D eigenvalue weighted by molar-refractivity contribution is -0.873. The van der Waals surface area contributed by atoms with E-state index in [0.717, 1.165) is 6.92 Å². The number of carboxylic acids is 1. The van der Waals surface area contributed by atoms with Gasteiger partial charge in [0.2, 0.25) is 0 Å². The van der Waals surface area contributed by atoms with Gasteiger partial charge in [-0.05, 0) is 13.8 Å². The average Bonchev–Trinajstić information content (AvgIpc) is 2.23. The van der Waals surface area contributed by atoms with Crippen LogP contribution in [0.15, 0.2) is 0 Å². The van der Waals surface area contributed by atoms with Crippen LogP contribution in [0.25, 0.3) is 0 Å². The van der Waals surface area contributed by atoms with E-state index in [1.54, 1.807) is 21.1 Å². The highest BCUT2D eigenvalue weighted by Crippen LogP contribution is 2.15. The van der Waals surface area contributed by atoms with Gasteiger partial charge in [-0.2, -0.15) is 0 Å². The summed E-state index contributed by atoms with van der Waals surface area (Å²) >= 11 is 0. The third-order valence-electron chi connectivity index (χ3n) is 2.86.